The van der Waals surface area contributed by atoms with Crippen molar-refractivity contribution in [3.05, 3.63) is 101 Å². The van der Waals surface area contributed by atoms with Crippen LogP contribution in [0.1, 0.15) is 20.8 Å². The summed E-state index contributed by atoms with van der Waals surface area (Å²) in [5, 5.41) is 0.809. The SMILES string of the molecule is COc1ccc(-c2nc(N(C)Cc3ccccc3)sc2C(=O)c2ccccc2)cc1. The summed E-state index contributed by atoms with van der Waals surface area (Å²) >= 11 is 1.43. The number of ether oxygens (including phenoxy) is 1. The number of carbonyl (C=O) groups is 1. The number of methoxy groups -OCH3 is 1. The van der Waals surface area contributed by atoms with Gasteiger partial charge in [0.25, 0.3) is 0 Å². The highest BCUT2D eigenvalue weighted by Crippen LogP contribution is 2.35. The average Bonchev–Trinajstić information content (AvgIpc) is 3.25. The maximum atomic E-state index is 13.3. The lowest BCUT2D eigenvalue weighted by atomic mass is 10.1. The maximum Gasteiger partial charge on any atom is 0.205 e. The van der Waals surface area contributed by atoms with Gasteiger partial charge in [0.15, 0.2) is 5.13 Å². The predicted octanol–water partition coefficient (Wildman–Crippen LogP) is 5.69. The van der Waals surface area contributed by atoms with E-state index in [-0.39, 0.29) is 5.78 Å². The van der Waals surface area contributed by atoms with Gasteiger partial charge in [-0.05, 0) is 29.8 Å². The van der Waals surface area contributed by atoms with E-state index in [0.717, 1.165) is 23.0 Å². The highest BCUT2D eigenvalue weighted by atomic mass is 32.1. The largest absolute Gasteiger partial charge is 0.497 e. The highest BCUT2D eigenvalue weighted by molar-refractivity contribution is 7.18. The van der Waals surface area contributed by atoms with Gasteiger partial charge in [0, 0.05) is 24.7 Å². The molecule has 0 spiro atoms. The summed E-state index contributed by atoms with van der Waals surface area (Å²) in [7, 11) is 3.64. The van der Waals surface area contributed by atoms with Gasteiger partial charge in [-0.25, -0.2) is 4.98 Å². The van der Waals surface area contributed by atoms with Gasteiger partial charge in [-0.15, -0.1) is 0 Å². The molecule has 4 aromatic rings. The van der Waals surface area contributed by atoms with Gasteiger partial charge >= 0.3 is 0 Å². The Morgan fingerprint density at radius 1 is 0.933 bits per heavy atom. The number of carbonyl (C=O) groups excluding carboxylic acids is 1. The number of anilines is 1. The third-order valence-corrected chi connectivity index (χ3v) is 5.98. The number of rotatable bonds is 7. The molecule has 0 aliphatic carbocycles. The minimum absolute atomic E-state index is 0.0155. The predicted molar refractivity (Wildman–Crippen MR) is 123 cm³/mol. The van der Waals surface area contributed by atoms with Crippen LogP contribution >= 0.6 is 11.3 Å². The van der Waals surface area contributed by atoms with Crippen molar-refractivity contribution in [2.45, 2.75) is 6.54 Å². The second-order valence-corrected chi connectivity index (χ2v) is 7.92. The Morgan fingerprint density at radius 2 is 1.57 bits per heavy atom. The van der Waals surface area contributed by atoms with E-state index >= 15 is 0 Å². The number of hydrogen-bond donors (Lipinski definition) is 0. The summed E-state index contributed by atoms with van der Waals surface area (Å²) in [4.78, 5) is 20.9. The van der Waals surface area contributed by atoms with Crippen LogP contribution in [0.2, 0.25) is 0 Å². The first-order valence-electron chi connectivity index (χ1n) is 9.66. The number of aromatic nitrogens is 1. The molecule has 150 valence electrons. The Morgan fingerprint density at radius 3 is 2.20 bits per heavy atom. The van der Waals surface area contributed by atoms with Crippen molar-refractivity contribution in [3.8, 4) is 17.0 Å². The fraction of sp³-hybridized carbons (Fsp3) is 0.120. The fourth-order valence-corrected chi connectivity index (χ4v) is 4.23. The zero-order valence-corrected chi connectivity index (χ0v) is 17.7. The number of nitrogens with zero attached hydrogens (tertiary/aromatic N) is 2. The van der Waals surface area contributed by atoms with Gasteiger partial charge in [0.1, 0.15) is 10.6 Å². The van der Waals surface area contributed by atoms with E-state index < -0.39 is 0 Å². The van der Waals surface area contributed by atoms with Crippen LogP contribution in [0, 0.1) is 0 Å². The number of benzene rings is 3. The van der Waals surface area contributed by atoms with Crippen molar-refractivity contribution in [2.24, 2.45) is 0 Å². The molecule has 0 aliphatic rings. The van der Waals surface area contributed by atoms with Crippen LogP contribution in [0.4, 0.5) is 5.13 Å². The molecule has 0 radical (unpaired) electrons. The molecule has 0 fully saturated rings. The Labute approximate surface area is 180 Å². The summed E-state index contributed by atoms with van der Waals surface area (Å²) in [6.45, 7) is 0.718. The lowest BCUT2D eigenvalue weighted by Crippen LogP contribution is -2.15. The van der Waals surface area contributed by atoms with E-state index in [4.69, 9.17) is 9.72 Å². The molecule has 5 heteroatoms. The van der Waals surface area contributed by atoms with Crippen LogP contribution in [0.3, 0.4) is 0 Å². The lowest BCUT2D eigenvalue weighted by Gasteiger charge is -2.15. The molecular weight excluding hydrogens is 392 g/mol. The fourth-order valence-electron chi connectivity index (χ4n) is 3.22. The molecule has 30 heavy (non-hydrogen) atoms. The third kappa shape index (κ3) is 4.26. The topological polar surface area (TPSA) is 42.4 Å². The molecule has 0 amide bonds. The quantitative estimate of drug-likeness (QED) is 0.365. The first kappa shape index (κ1) is 19.9. The Balaban J connectivity index is 1.73. The average molecular weight is 415 g/mol. The molecule has 0 unspecified atom stereocenters. The second kappa shape index (κ2) is 8.93. The van der Waals surface area contributed by atoms with Crippen LogP contribution in [0.5, 0.6) is 5.75 Å². The monoisotopic (exact) mass is 414 g/mol. The maximum absolute atomic E-state index is 13.3. The van der Waals surface area contributed by atoms with Crippen LogP contribution in [0.15, 0.2) is 84.9 Å². The lowest BCUT2D eigenvalue weighted by molar-refractivity contribution is 0.104. The first-order chi connectivity index (χ1) is 14.7. The minimum Gasteiger partial charge on any atom is -0.497 e. The van der Waals surface area contributed by atoms with Gasteiger partial charge in [-0.1, -0.05) is 72.0 Å². The molecule has 4 rings (SSSR count). The summed E-state index contributed by atoms with van der Waals surface area (Å²) in [5.74, 6) is 0.754. The van der Waals surface area contributed by atoms with Gasteiger partial charge < -0.3 is 9.64 Å². The summed E-state index contributed by atoms with van der Waals surface area (Å²) in [5.41, 5.74) is 3.45. The van der Waals surface area contributed by atoms with E-state index in [1.54, 1.807) is 7.11 Å². The number of ketones is 1. The third-order valence-electron chi connectivity index (χ3n) is 4.81. The molecule has 0 bridgehead atoms. The molecule has 0 aliphatic heterocycles. The van der Waals surface area contributed by atoms with E-state index in [9.17, 15) is 4.79 Å². The van der Waals surface area contributed by atoms with Gasteiger partial charge in [0.05, 0.1) is 12.8 Å². The van der Waals surface area contributed by atoms with Crippen molar-refractivity contribution < 1.29 is 9.53 Å². The van der Waals surface area contributed by atoms with Crippen LogP contribution in [0.25, 0.3) is 11.3 Å². The van der Waals surface area contributed by atoms with Crippen LogP contribution < -0.4 is 9.64 Å². The smallest absolute Gasteiger partial charge is 0.205 e. The van der Waals surface area contributed by atoms with Crippen LogP contribution in [-0.4, -0.2) is 24.9 Å². The normalized spacial score (nSPS) is 10.6. The van der Waals surface area contributed by atoms with Crippen LogP contribution in [-0.2, 0) is 6.54 Å². The van der Waals surface area contributed by atoms with Crippen molar-refractivity contribution >= 4 is 22.3 Å². The molecule has 1 aromatic heterocycles. The Hall–Kier alpha value is -3.44. The minimum atomic E-state index is -0.0155. The van der Waals surface area contributed by atoms with E-state index in [2.05, 4.69) is 17.0 Å². The van der Waals surface area contributed by atoms with Crippen molar-refractivity contribution in [1.82, 2.24) is 4.98 Å². The Bertz CT molecular complexity index is 1120. The zero-order chi connectivity index (χ0) is 20.9. The second-order valence-electron chi connectivity index (χ2n) is 6.94. The van der Waals surface area contributed by atoms with Crippen molar-refractivity contribution in [1.29, 1.82) is 0 Å². The van der Waals surface area contributed by atoms with Gasteiger partial charge in [-0.3, -0.25) is 4.79 Å². The molecular formula is C25H22N2O2S. The van der Waals surface area contributed by atoms with Gasteiger partial charge in [0.2, 0.25) is 5.78 Å². The van der Waals surface area contributed by atoms with Gasteiger partial charge in [-0.2, -0.15) is 0 Å². The molecule has 4 nitrogen and oxygen atoms in total. The summed E-state index contributed by atoms with van der Waals surface area (Å²) in [6, 6.07) is 27.2. The van der Waals surface area contributed by atoms with Crippen molar-refractivity contribution in [2.75, 3.05) is 19.1 Å². The summed E-state index contributed by atoms with van der Waals surface area (Å²) in [6.07, 6.45) is 0. The molecule has 0 atom stereocenters. The Kier molecular flexibility index (Phi) is 5.91. The van der Waals surface area contributed by atoms with Crippen molar-refractivity contribution in [3.63, 3.8) is 0 Å². The van der Waals surface area contributed by atoms with E-state index in [1.807, 2.05) is 79.8 Å². The highest BCUT2D eigenvalue weighted by Gasteiger charge is 2.22. The number of hydrogen-bond acceptors (Lipinski definition) is 5. The number of thiazole rings is 1. The zero-order valence-electron chi connectivity index (χ0n) is 16.9. The molecule has 0 saturated carbocycles. The first-order valence-corrected chi connectivity index (χ1v) is 10.5. The van der Waals surface area contributed by atoms with E-state index in [1.165, 1.54) is 16.9 Å². The molecule has 0 N–H and O–H groups in total. The molecule has 3 aromatic carbocycles. The molecule has 0 saturated heterocycles. The summed E-state index contributed by atoms with van der Waals surface area (Å²) < 4.78 is 5.27. The molecule has 1 heterocycles. The standard InChI is InChI=1S/C25H22N2O2S/c1-27(17-18-9-5-3-6-10-18)25-26-22(19-13-15-21(29-2)16-14-19)24(30-25)23(28)20-11-7-4-8-12-20/h3-16H,17H2,1-2H3. The van der Waals surface area contributed by atoms with E-state index in [0.29, 0.717) is 16.1 Å².